The predicted molar refractivity (Wildman–Crippen MR) is 96.2 cm³/mol. The molecule has 1 heterocycles. The van der Waals surface area contributed by atoms with Crippen LogP contribution in [0.1, 0.15) is 28.8 Å². The lowest BCUT2D eigenvalue weighted by atomic mass is 10.3. The maximum Gasteiger partial charge on any atom is 0.357 e. The van der Waals surface area contributed by atoms with Crippen LogP contribution in [0.2, 0.25) is 0 Å². The number of hydrogen-bond donors (Lipinski definition) is 1. The first-order valence-corrected chi connectivity index (χ1v) is 8.68. The topological polar surface area (TPSA) is 80.8 Å². The SMILES string of the molecule is CCCN(Cc1nc(C(=O)OC)cs1)C(=O)Nc1ccc(OC)cc1. The molecule has 0 saturated carbocycles. The molecule has 0 unspecified atom stereocenters. The number of thiazole rings is 1. The van der Waals surface area contributed by atoms with Gasteiger partial charge in [-0.25, -0.2) is 14.6 Å². The van der Waals surface area contributed by atoms with Crippen LogP contribution in [0.3, 0.4) is 0 Å². The maximum atomic E-state index is 12.5. The van der Waals surface area contributed by atoms with Crippen LogP contribution in [0.4, 0.5) is 10.5 Å². The van der Waals surface area contributed by atoms with Crippen LogP contribution in [-0.4, -0.2) is 42.6 Å². The highest BCUT2D eigenvalue weighted by molar-refractivity contribution is 7.09. The molecule has 0 aliphatic carbocycles. The van der Waals surface area contributed by atoms with Crippen LogP contribution in [0.5, 0.6) is 5.75 Å². The van der Waals surface area contributed by atoms with E-state index in [1.807, 2.05) is 6.92 Å². The third-order valence-electron chi connectivity index (χ3n) is 3.39. The molecule has 0 radical (unpaired) electrons. The van der Waals surface area contributed by atoms with Gasteiger partial charge in [-0.3, -0.25) is 0 Å². The molecule has 7 nitrogen and oxygen atoms in total. The molecule has 0 fully saturated rings. The fraction of sp³-hybridized carbons (Fsp3) is 0.353. The summed E-state index contributed by atoms with van der Waals surface area (Å²) < 4.78 is 9.75. The predicted octanol–water partition coefficient (Wildman–Crippen LogP) is 3.38. The van der Waals surface area contributed by atoms with Gasteiger partial charge in [0.2, 0.25) is 0 Å². The van der Waals surface area contributed by atoms with Crippen LogP contribution in [0.25, 0.3) is 0 Å². The Morgan fingerprint density at radius 2 is 1.96 bits per heavy atom. The molecule has 8 heteroatoms. The first-order chi connectivity index (χ1) is 12.1. The van der Waals surface area contributed by atoms with Crippen molar-refractivity contribution in [2.75, 3.05) is 26.1 Å². The van der Waals surface area contributed by atoms with Gasteiger partial charge < -0.3 is 19.7 Å². The molecule has 1 N–H and O–H groups in total. The molecule has 0 spiro atoms. The maximum absolute atomic E-state index is 12.5. The van der Waals surface area contributed by atoms with Crippen molar-refractivity contribution in [1.29, 1.82) is 0 Å². The van der Waals surface area contributed by atoms with E-state index in [4.69, 9.17) is 4.74 Å². The third kappa shape index (κ3) is 5.18. The molecule has 0 aliphatic rings. The first-order valence-electron chi connectivity index (χ1n) is 7.80. The number of benzene rings is 1. The minimum absolute atomic E-state index is 0.221. The molecule has 0 saturated heterocycles. The number of esters is 1. The highest BCUT2D eigenvalue weighted by Crippen LogP contribution is 2.17. The quantitative estimate of drug-likeness (QED) is 0.763. The number of aromatic nitrogens is 1. The minimum Gasteiger partial charge on any atom is -0.497 e. The highest BCUT2D eigenvalue weighted by atomic mass is 32.1. The smallest absolute Gasteiger partial charge is 0.357 e. The standard InChI is InChI=1S/C17H21N3O4S/c1-4-9-20(10-15-19-14(11-25-15)16(21)24-3)17(22)18-12-5-7-13(23-2)8-6-12/h5-8,11H,4,9-10H2,1-3H3,(H,18,22). The van der Waals surface area contributed by atoms with Crippen molar-refractivity contribution < 1.29 is 19.1 Å². The zero-order valence-corrected chi connectivity index (χ0v) is 15.3. The summed E-state index contributed by atoms with van der Waals surface area (Å²) in [5.74, 6) is 0.244. The lowest BCUT2D eigenvalue weighted by Gasteiger charge is -2.21. The second-order valence-electron chi connectivity index (χ2n) is 5.20. The monoisotopic (exact) mass is 363 g/mol. The number of carbonyl (C=O) groups is 2. The number of amides is 2. The van der Waals surface area contributed by atoms with Crippen LogP contribution < -0.4 is 10.1 Å². The molecule has 0 atom stereocenters. The van der Waals surface area contributed by atoms with Crippen LogP contribution in [-0.2, 0) is 11.3 Å². The van der Waals surface area contributed by atoms with Crippen LogP contribution in [0.15, 0.2) is 29.6 Å². The van der Waals surface area contributed by atoms with Crippen molar-refractivity contribution in [3.63, 3.8) is 0 Å². The Morgan fingerprint density at radius 1 is 1.24 bits per heavy atom. The van der Waals surface area contributed by atoms with Gasteiger partial charge in [0, 0.05) is 17.6 Å². The third-order valence-corrected chi connectivity index (χ3v) is 4.23. The number of hydrogen-bond acceptors (Lipinski definition) is 6. The molecule has 0 aliphatic heterocycles. The van der Waals surface area contributed by atoms with E-state index >= 15 is 0 Å². The van der Waals surface area contributed by atoms with E-state index in [0.717, 1.165) is 12.2 Å². The normalized spacial score (nSPS) is 10.2. The van der Waals surface area contributed by atoms with E-state index in [9.17, 15) is 9.59 Å². The lowest BCUT2D eigenvalue weighted by Crippen LogP contribution is -2.35. The van der Waals surface area contributed by atoms with Crippen molar-refractivity contribution in [3.05, 3.63) is 40.3 Å². The molecule has 25 heavy (non-hydrogen) atoms. The summed E-state index contributed by atoms with van der Waals surface area (Å²) in [7, 11) is 2.90. The summed E-state index contributed by atoms with van der Waals surface area (Å²) in [6.07, 6.45) is 0.811. The Kier molecular flexibility index (Phi) is 6.76. The summed E-state index contributed by atoms with van der Waals surface area (Å²) >= 11 is 1.33. The van der Waals surface area contributed by atoms with E-state index in [1.54, 1.807) is 41.7 Å². The largest absolute Gasteiger partial charge is 0.497 e. The Labute approximate surface area is 150 Å². The molecular formula is C17H21N3O4S. The minimum atomic E-state index is -0.479. The molecular weight excluding hydrogens is 342 g/mol. The van der Waals surface area contributed by atoms with Crippen molar-refractivity contribution in [1.82, 2.24) is 9.88 Å². The van der Waals surface area contributed by atoms with Gasteiger partial charge in [0.05, 0.1) is 20.8 Å². The number of methoxy groups -OCH3 is 2. The molecule has 2 amide bonds. The number of anilines is 1. The second-order valence-corrected chi connectivity index (χ2v) is 6.14. The Morgan fingerprint density at radius 3 is 2.56 bits per heavy atom. The van der Waals surface area contributed by atoms with Gasteiger partial charge in [-0.05, 0) is 30.7 Å². The number of urea groups is 1. The van der Waals surface area contributed by atoms with Gasteiger partial charge >= 0.3 is 12.0 Å². The summed E-state index contributed by atoms with van der Waals surface area (Å²) in [4.78, 5) is 29.9. The van der Waals surface area contributed by atoms with Crippen molar-refractivity contribution in [3.8, 4) is 5.75 Å². The van der Waals surface area contributed by atoms with E-state index in [0.29, 0.717) is 23.8 Å². The highest BCUT2D eigenvalue weighted by Gasteiger charge is 2.17. The summed E-state index contributed by atoms with van der Waals surface area (Å²) in [6.45, 7) is 2.90. The van der Waals surface area contributed by atoms with E-state index in [-0.39, 0.29) is 11.7 Å². The van der Waals surface area contributed by atoms with E-state index in [1.165, 1.54) is 18.4 Å². The molecule has 2 rings (SSSR count). The van der Waals surface area contributed by atoms with Gasteiger partial charge in [0.25, 0.3) is 0 Å². The molecule has 1 aromatic heterocycles. The number of rotatable bonds is 7. The Bertz CT molecular complexity index is 715. The lowest BCUT2D eigenvalue weighted by molar-refractivity contribution is 0.0594. The van der Waals surface area contributed by atoms with E-state index in [2.05, 4.69) is 15.0 Å². The molecule has 2 aromatic rings. The van der Waals surface area contributed by atoms with Gasteiger partial charge in [-0.15, -0.1) is 11.3 Å². The molecule has 134 valence electrons. The van der Waals surface area contributed by atoms with E-state index < -0.39 is 5.97 Å². The number of nitrogens with one attached hydrogen (secondary N) is 1. The van der Waals surface area contributed by atoms with Crippen LogP contribution >= 0.6 is 11.3 Å². The Hall–Kier alpha value is -2.61. The van der Waals surface area contributed by atoms with Gasteiger partial charge in [0.1, 0.15) is 10.8 Å². The molecule has 0 bridgehead atoms. The summed E-state index contributed by atoms with van der Waals surface area (Å²) in [5, 5.41) is 5.17. The number of nitrogens with zero attached hydrogens (tertiary/aromatic N) is 2. The van der Waals surface area contributed by atoms with Crippen molar-refractivity contribution in [2.24, 2.45) is 0 Å². The average Bonchev–Trinajstić information content (AvgIpc) is 3.10. The van der Waals surface area contributed by atoms with Gasteiger partial charge in [0.15, 0.2) is 5.69 Å². The van der Waals surface area contributed by atoms with Gasteiger partial charge in [-0.1, -0.05) is 6.92 Å². The van der Waals surface area contributed by atoms with Crippen molar-refractivity contribution in [2.45, 2.75) is 19.9 Å². The molecule has 1 aromatic carbocycles. The summed E-state index contributed by atoms with van der Waals surface area (Å²) in [6, 6.07) is 6.90. The zero-order chi connectivity index (χ0) is 18.2. The average molecular weight is 363 g/mol. The van der Waals surface area contributed by atoms with Crippen LogP contribution in [0, 0.1) is 0 Å². The Balaban J connectivity index is 2.04. The second kappa shape index (κ2) is 9.03. The number of carbonyl (C=O) groups excluding carboxylic acids is 2. The fourth-order valence-electron chi connectivity index (χ4n) is 2.14. The van der Waals surface area contributed by atoms with Gasteiger partial charge in [-0.2, -0.15) is 0 Å². The first kappa shape index (κ1) is 18.7. The summed E-state index contributed by atoms with van der Waals surface area (Å²) in [5.41, 5.74) is 0.941. The van der Waals surface area contributed by atoms with Crippen molar-refractivity contribution >= 4 is 29.0 Å². The zero-order valence-electron chi connectivity index (χ0n) is 14.4. The fourth-order valence-corrected chi connectivity index (χ4v) is 2.92. The number of ether oxygens (including phenoxy) is 2.